The van der Waals surface area contributed by atoms with E-state index in [2.05, 4.69) is 29.2 Å². The van der Waals surface area contributed by atoms with E-state index in [1.54, 1.807) is 0 Å². The van der Waals surface area contributed by atoms with Crippen molar-refractivity contribution in [2.75, 3.05) is 26.2 Å². The maximum atomic E-state index is 11.0. The summed E-state index contributed by atoms with van der Waals surface area (Å²) in [7, 11) is 0. The average molecular weight is 325 g/mol. The third kappa shape index (κ3) is 4.16. The Balaban J connectivity index is 1.80. The predicted octanol–water partition coefficient (Wildman–Crippen LogP) is 4.00. The lowest BCUT2D eigenvalue weighted by Crippen LogP contribution is -2.29. The highest BCUT2D eigenvalue weighted by Gasteiger charge is 2.26. The van der Waals surface area contributed by atoms with Crippen molar-refractivity contribution >= 4 is 0 Å². The highest BCUT2D eigenvalue weighted by molar-refractivity contribution is 5.32. The normalized spacial score (nSPS) is 17.6. The lowest BCUT2D eigenvalue weighted by molar-refractivity contribution is 0.123. The molecule has 1 heterocycles. The van der Waals surface area contributed by atoms with Crippen LogP contribution in [0.4, 0.5) is 0 Å². The number of ether oxygens (including phenoxy) is 1. The Hall–Kier alpha value is -1.84. The van der Waals surface area contributed by atoms with E-state index in [1.165, 1.54) is 18.4 Å². The van der Waals surface area contributed by atoms with Gasteiger partial charge in [0.15, 0.2) is 0 Å². The number of aliphatic hydroxyl groups is 1. The number of likely N-dealkylation sites (tertiary alicyclic amines) is 1. The highest BCUT2D eigenvalue weighted by Crippen LogP contribution is 2.33. The van der Waals surface area contributed by atoms with Crippen LogP contribution in [0.3, 0.4) is 0 Å². The van der Waals surface area contributed by atoms with Crippen molar-refractivity contribution in [1.82, 2.24) is 4.90 Å². The quantitative estimate of drug-likeness (QED) is 0.835. The van der Waals surface area contributed by atoms with Crippen LogP contribution in [-0.2, 0) is 0 Å². The van der Waals surface area contributed by atoms with Crippen LogP contribution in [0, 0.1) is 0 Å². The first-order valence-electron chi connectivity index (χ1n) is 8.96. The molecule has 2 atom stereocenters. The van der Waals surface area contributed by atoms with Crippen LogP contribution in [0.5, 0.6) is 5.75 Å². The van der Waals surface area contributed by atoms with E-state index >= 15 is 0 Å². The maximum absolute atomic E-state index is 11.0. The summed E-state index contributed by atoms with van der Waals surface area (Å²) in [6.45, 7) is 5.81. The van der Waals surface area contributed by atoms with E-state index in [4.69, 9.17) is 4.74 Å². The molecule has 0 amide bonds. The fraction of sp³-hybridized carbons (Fsp3) is 0.429. The molecule has 1 aliphatic heterocycles. The molecule has 0 aliphatic carbocycles. The summed E-state index contributed by atoms with van der Waals surface area (Å²) >= 11 is 0. The van der Waals surface area contributed by atoms with E-state index in [9.17, 15) is 5.11 Å². The summed E-state index contributed by atoms with van der Waals surface area (Å²) in [6.07, 6.45) is 2.02. The van der Waals surface area contributed by atoms with Gasteiger partial charge in [-0.25, -0.2) is 0 Å². The van der Waals surface area contributed by atoms with Crippen molar-refractivity contribution in [3.05, 3.63) is 65.7 Å². The molecule has 3 nitrogen and oxygen atoms in total. The van der Waals surface area contributed by atoms with Crippen LogP contribution in [-0.4, -0.2) is 36.2 Å². The van der Waals surface area contributed by atoms with Gasteiger partial charge >= 0.3 is 0 Å². The van der Waals surface area contributed by atoms with Crippen LogP contribution >= 0.6 is 0 Å². The van der Waals surface area contributed by atoms with Gasteiger partial charge in [-0.05, 0) is 56.1 Å². The van der Waals surface area contributed by atoms with Crippen molar-refractivity contribution in [2.45, 2.75) is 31.8 Å². The first-order valence-corrected chi connectivity index (χ1v) is 8.96. The second-order valence-corrected chi connectivity index (χ2v) is 6.47. The molecule has 2 aromatic carbocycles. The third-order valence-electron chi connectivity index (χ3n) is 4.80. The Morgan fingerprint density at radius 3 is 2.25 bits per heavy atom. The molecule has 0 spiro atoms. The molecule has 2 aromatic rings. The van der Waals surface area contributed by atoms with Gasteiger partial charge < -0.3 is 14.7 Å². The van der Waals surface area contributed by atoms with Crippen LogP contribution in [0.15, 0.2) is 54.6 Å². The summed E-state index contributed by atoms with van der Waals surface area (Å²) in [6, 6.07) is 18.2. The molecule has 1 N–H and O–H groups in total. The van der Waals surface area contributed by atoms with Gasteiger partial charge in [0.1, 0.15) is 5.75 Å². The summed E-state index contributed by atoms with van der Waals surface area (Å²) in [4.78, 5) is 2.47. The van der Waals surface area contributed by atoms with Crippen molar-refractivity contribution < 1.29 is 9.84 Å². The molecule has 24 heavy (non-hydrogen) atoms. The van der Waals surface area contributed by atoms with Crippen molar-refractivity contribution in [3.8, 4) is 5.75 Å². The smallest absolute Gasteiger partial charge is 0.119 e. The lowest BCUT2D eigenvalue weighted by Gasteiger charge is -2.28. The fourth-order valence-corrected chi connectivity index (χ4v) is 3.49. The second kappa shape index (κ2) is 8.32. The summed E-state index contributed by atoms with van der Waals surface area (Å²) in [5, 5.41) is 11.0. The lowest BCUT2D eigenvalue weighted by atomic mass is 9.88. The Bertz CT molecular complexity index is 605. The van der Waals surface area contributed by atoms with E-state index < -0.39 is 6.10 Å². The zero-order valence-corrected chi connectivity index (χ0v) is 14.4. The molecule has 1 fully saturated rings. The Morgan fingerprint density at radius 2 is 1.62 bits per heavy atom. The van der Waals surface area contributed by atoms with Crippen molar-refractivity contribution in [1.29, 1.82) is 0 Å². The molecule has 3 heteroatoms. The Morgan fingerprint density at radius 1 is 0.958 bits per heavy atom. The third-order valence-corrected chi connectivity index (χ3v) is 4.80. The average Bonchev–Trinajstić information content (AvgIpc) is 3.14. The summed E-state index contributed by atoms with van der Waals surface area (Å²) in [5.74, 6) is 0.937. The van der Waals surface area contributed by atoms with Crippen LogP contribution in [0.25, 0.3) is 0 Å². The van der Waals surface area contributed by atoms with Gasteiger partial charge in [-0.3, -0.25) is 0 Å². The van der Waals surface area contributed by atoms with Gasteiger partial charge in [-0.2, -0.15) is 0 Å². The van der Waals surface area contributed by atoms with Gasteiger partial charge in [0, 0.05) is 12.5 Å². The predicted molar refractivity (Wildman–Crippen MR) is 97.4 cm³/mol. The monoisotopic (exact) mass is 325 g/mol. The van der Waals surface area contributed by atoms with E-state index in [0.717, 1.165) is 30.9 Å². The van der Waals surface area contributed by atoms with E-state index in [0.29, 0.717) is 6.61 Å². The number of rotatable bonds is 7. The largest absolute Gasteiger partial charge is 0.494 e. The van der Waals surface area contributed by atoms with E-state index in [-0.39, 0.29) is 5.92 Å². The summed E-state index contributed by atoms with van der Waals surface area (Å²) < 4.78 is 5.50. The molecule has 0 radical (unpaired) electrons. The molecule has 0 aromatic heterocycles. The molecule has 0 unspecified atom stereocenters. The molecule has 3 rings (SSSR count). The number of hydrogen-bond donors (Lipinski definition) is 1. The van der Waals surface area contributed by atoms with Gasteiger partial charge in [-0.1, -0.05) is 42.5 Å². The Kier molecular flexibility index (Phi) is 5.89. The molecule has 0 bridgehead atoms. The van der Waals surface area contributed by atoms with Crippen LogP contribution in [0.2, 0.25) is 0 Å². The molecule has 1 aliphatic rings. The van der Waals surface area contributed by atoms with Gasteiger partial charge in [0.25, 0.3) is 0 Å². The minimum atomic E-state index is -0.510. The molecule has 128 valence electrons. The number of nitrogens with zero attached hydrogens (tertiary/aromatic N) is 1. The van der Waals surface area contributed by atoms with Gasteiger partial charge in [0.2, 0.25) is 0 Å². The number of benzene rings is 2. The topological polar surface area (TPSA) is 32.7 Å². The fourth-order valence-electron chi connectivity index (χ4n) is 3.49. The number of hydrogen-bond acceptors (Lipinski definition) is 3. The zero-order chi connectivity index (χ0) is 16.8. The SMILES string of the molecule is CCOc1ccc([C@@H](O)[C@@H](CN2CCCC2)c2ccccc2)cc1. The molecular formula is C21H27NO2. The first-order chi connectivity index (χ1) is 11.8. The molecular weight excluding hydrogens is 298 g/mol. The van der Waals surface area contributed by atoms with Crippen LogP contribution in [0.1, 0.15) is 42.9 Å². The van der Waals surface area contributed by atoms with Crippen LogP contribution < -0.4 is 4.74 Å². The molecule has 1 saturated heterocycles. The minimum Gasteiger partial charge on any atom is -0.494 e. The minimum absolute atomic E-state index is 0.0854. The standard InChI is InChI=1S/C21H27NO2/c1-2-24-19-12-10-18(11-13-19)21(23)20(16-22-14-6-7-15-22)17-8-4-3-5-9-17/h3-5,8-13,20-21,23H,2,6-7,14-16H2,1H3/t20-,21+/m0/s1. The highest BCUT2D eigenvalue weighted by atomic mass is 16.5. The molecule has 0 saturated carbocycles. The van der Waals surface area contributed by atoms with Gasteiger partial charge in [-0.15, -0.1) is 0 Å². The number of aliphatic hydroxyl groups excluding tert-OH is 1. The van der Waals surface area contributed by atoms with Crippen molar-refractivity contribution in [3.63, 3.8) is 0 Å². The Labute approximate surface area is 144 Å². The van der Waals surface area contributed by atoms with E-state index in [1.807, 2.05) is 37.3 Å². The van der Waals surface area contributed by atoms with Crippen molar-refractivity contribution in [2.24, 2.45) is 0 Å². The maximum Gasteiger partial charge on any atom is 0.119 e. The zero-order valence-electron chi connectivity index (χ0n) is 14.4. The summed E-state index contributed by atoms with van der Waals surface area (Å²) in [5.41, 5.74) is 2.15. The second-order valence-electron chi connectivity index (χ2n) is 6.47. The first kappa shape index (κ1) is 17.0. The van der Waals surface area contributed by atoms with Gasteiger partial charge in [0.05, 0.1) is 12.7 Å².